The number of anilines is 1. The van der Waals surface area contributed by atoms with Gasteiger partial charge in [-0.05, 0) is 42.0 Å². The number of benzene rings is 2. The Labute approximate surface area is 167 Å². The second-order valence-corrected chi connectivity index (χ2v) is 8.48. The molecule has 1 heterocycles. The monoisotopic (exact) mass is 422 g/mol. The number of halogens is 1. The van der Waals surface area contributed by atoms with Gasteiger partial charge in [0.2, 0.25) is 15.9 Å². The summed E-state index contributed by atoms with van der Waals surface area (Å²) in [6.45, 7) is -0.639. The molecule has 0 bridgehead atoms. The van der Waals surface area contributed by atoms with Gasteiger partial charge in [-0.2, -0.15) is 4.31 Å². The summed E-state index contributed by atoms with van der Waals surface area (Å²) in [5, 5.41) is 9.87. The van der Waals surface area contributed by atoms with Gasteiger partial charge in [-0.1, -0.05) is 12.1 Å². The topological polar surface area (TPSA) is 104 Å². The lowest BCUT2D eigenvalue weighted by Gasteiger charge is -2.44. The van der Waals surface area contributed by atoms with Crippen molar-refractivity contribution in [3.05, 3.63) is 59.9 Å². The number of hydrogen-bond donors (Lipinski definition) is 1. The van der Waals surface area contributed by atoms with Crippen LogP contribution in [0.4, 0.5) is 10.1 Å². The van der Waals surface area contributed by atoms with Crippen LogP contribution in [0.1, 0.15) is 11.6 Å². The molecule has 2 aromatic rings. The van der Waals surface area contributed by atoms with Crippen LogP contribution in [0.2, 0.25) is 0 Å². The number of ether oxygens (including phenoxy) is 1. The molecule has 0 aromatic heterocycles. The highest BCUT2D eigenvalue weighted by molar-refractivity contribution is 7.88. The van der Waals surface area contributed by atoms with E-state index in [1.807, 2.05) is 0 Å². The van der Waals surface area contributed by atoms with E-state index in [-0.39, 0.29) is 5.69 Å². The minimum Gasteiger partial charge on any atom is -0.497 e. The summed E-state index contributed by atoms with van der Waals surface area (Å²) in [5.41, 5.74) is 0.654. The fourth-order valence-electron chi connectivity index (χ4n) is 3.38. The molecule has 1 aliphatic rings. The van der Waals surface area contributed by atoms with Gasteiger partial charge in [0.1, 0.15) is 17.6 Å². The Bertz CT molecular complexity index is 1020. The predicted molar refractivity (Wildman–Crippen MR) is 103 cm³/mol. The molecule has 1 aliphatic heterocycles. The largest absolute Gasteiger partial charge is 0.497 e. The number of carbonyl (C=O) groups excluding carboxylic acids is 1. The van der Waals surface area contributed by atoms with Crippen molar-refractivity contribution in [2.24, 2.45) is 0 Å². The lowest BCUT2D eigenvalue weighted by molar-refractivity contribution is -0.144. The van der Waals surface area contributed by atoms with E-state index < -0.39 is 46.3 Å². The molecule has 0 spiro atoms. The first-order valence-corrected chi connectivity index (χ1v) is 10.4. The summed E-state index contributed by atoms with van der Waals surface area (Å²) in [7, 11) is -2.53. The molecule has 2 aromatic carbocycles. The first-order chi connectivity index (χ1) is 13.6. The summed E-state index contributed by atoms with van der Waals surface area (Å²) in [4.78, 5) is 26.2. The molecule has 0 aliphatic carbocycles. The molecule has 1 amide bonds. The Morgan fingerprint density at radius 3 is 2.21 bits per heavy atom. The number of hydrogen-bond acceptors (Lipinski definition) is 5. The van der Waals surface area contributed by atoms with Gasteiger partial charge in [0.05, 0.1) is 26.0 Å². The molecular weight excluding hydrogens is 403 g/mol. The molecule has 1 saturated heterocycles. The van der Waals surface area contributed by atoms with E-state index in [0.717, 1.165) is 18.4 Å². The van der Waals surface area contributed by atoms with E-state index in [1.54, 1.807) is 24.3 Å². The molecular formula is C19H19FN2O6S. The highest BCUT2D eigenvalue weighted by Gasteiger charge is 2.49. The van der Waals surface area contributed by atoms with Crippen LogP contribution in [0.5, 0.6) is 5.75 Å². The van der Waals surface area contributed by atoms with Crippen LogP contribution in [0.3, 0.4) is 0 Å². The van der Waals surface area contributed by atoms with Gasteiger partial charge >= 0.3 is 5.97 Å². The Balaban J connectivity index is 2.20. The third kappa shape index (κ3) is 4.08. The molecule has 3 rings (SSSR count). The summed E-state index contributed by atoms with van der Waals surface area (Å²) in [5.74, 6) is -2.04. The second kappa shape index (κ2) is 7.80. The van der Waals surface area contributed by atoms with Crippen LogP contribution in [0.25, 0.3) is 0 Å². The minimum atomic E-state index is -4.00. The lowest BCUT2D eigenvalue weighted by atomic mass is 9.94. The van der Waals surface area contributed by atoms with Crippen LogP contribution in [0.15, 0.2) is 48.5 Å². The Kier molecular flexibility index (Phi) is 5.58. The smallest absolute Gasteiger partial charge is 0.324 e. The number of carboxylic acids is 1. The van der Waals surface area contributed by atoms with Crippen molar-refractivity contribution in [1.29, 1.82) is 0 Å². The average Bonchev–Trinajstić information content (AvgIpc) is 2.67. The van der Waals surface area contributed by atoms with Crippen LogP contribution in [-0.2, 0) is 19.6 Å². The van der Waals surface area contributed by atoms with Gasteiger partial charge in [-0.25, -0.2) is 12.8 Å². The fraction of sp³-hybridized carbons (Fsp3) is 0.263. The van der Waals surface area contributed by atoms with Crippen molar-refractivity contribution in [2.45, 2.75) is 12.1 Å². The van der Waals surface area contributed by atoms with Crippen molar-refractivity contribution >= 4 is 27.6 Å². The molecule has 8 nitrogen and oxygen atoms in total. The lowest BCUT2D eigenvalue weighted by Crippen LogP contribution is -2.62. The number of methoxy groups -OCH3 is 1. The number of nitrogens with zero attached hydrogens (tertiary/aromatic N) is 2. The minimum absolute atomic E-state index is 0.261. The van der Waals surface area contributed by atoms with Crippen molar-refractivity contribution in [3.8, 4) is 5.75 Å². The first-order valence-electron chi connectivity index (χ1n) is 8.54. The Morgan fingerprint density at radius 2 is 1.72 bits per heavy atom. The molecule has 0 radical (unpaired) electrons. The Morgan fingerprint density at radius 1 is 1.14 bits per heavy atom. The quantitative estimate of drug-likeness (QED) is 0.786. The zero-order valence-electron chi connectivity index (χ0n) is 15.6. The number of aliphatic carboxylic acids is 1. The van der Waals surface area contributed by atoms with Gasteiger partial charge in [0.25, 0.3) is 0 Å². The van der Waals surface area contributed by atoms with Crippen molar-refractivity contribution < 1.29 is 32.2 Å². The average molecular weight is 422 g/mol. The third-order valence-corrected chi connectivity index (χ3v) is 5.90. The van der Waals surface area contributed by atoms with Crippen molar-refractivity contribution in [3.63, 3.8) is 0 Å². The molecule has 1 N–H and O–H groups in total. The first kappa shape index (κ1) is 20.7. The van der Waals surface area contributed by atoms with Gasteiger partial charge in [-0.15, -0.1) is 0 Å². The highest BCUT2D eigenvalue weighted by Crippen LogP contribution is 2.37. The van der Waals surface area contributed by atoms with E-state index in [9.17, 15) is 27.5 Å². The second-order valence-electron chi connectivity index (χ2n) is 6.55. The third-order valence-electron chi connectivity index (χ3n) is 4.69. The van der Waals surface area contributed by atoms with Crippen molar-refractivity contribution in [1.82, 2.24) is 4.31 Å². The fourth-order valence-corrected chi connectivity index (χ4v) is 4.35. The standard InChI is InChI=1S/C19H19FN2O6S/c1-28-15-9-3-12(4-10-15)17-18(19(24)25)21(29(2,26)27)11-16(23)22(17)14-7-5-13(20)6-8-14/h3-10,17-18H,11H2,1-2H3,(H,24,25)/t17-,18+/m0/s1. The summed E-state index contributed by atoms with van der Waals surface area (Å²) in [6.07, 6.45) is 0.856. The van der Waals surface area contributed by atoms with Gasteiger partial charge in [0, 0.05) is 5.69 Å². The molecule has 0 saturated carbocycles. The van der Waals surface area contributed by atoms with Crippen LogP contribution >= 0.6 is 0 Å². The number of piperazine rings is 1. The molecule has 10 heteroatoms. The van der Waals surface area contributed by atoms with E-state index in [0.29, 0.717) is 15.6 Å². The number of sulfonamides is 1. The number of rotatable bonds is 5. The maximum Gasteiger partial charge on any atom is 0.324 e. The SMILES string of the molecule is COc1ccc([C@H]2[C@H](C(=O)O)N(S(C)(=O)=O)CC(=O)N2c2ccc(F)cc2)cc1. The van der Waals surface area contributed by atoms with E-state index in [1.165, 1.54) is 24.1 Å². The van der Waals surface area contributed by atoms with E-state index >= 15 is 0 Å². The zero-order chi connectivity index (χ0) is 21.3. The van der Waals surface area contributed by atoms with Crippen LogP contribution in [0, 0.1) is 5.82 Å². The zero-order valence-corrected chi connectivity index (χ0v) is 16.5. The van der Waals surface area contributed by atoms with Gasteiger partial charge < -0.3 is 14.7 Å². The summed E-state index contributed by atoms with van der Waals surface area (Å²) >= 11 is 0. The predicted octanol–water partition coefficient (Wildman–Crippen LogP) is 1.64. The number of carbonyl (C=O) groups is 2. The Hall–Kier alpha value is -2.98. The normalized spacial score (nSPS) is 20.5. The summed E-state index contributed by atoms with van der Waals surface area (Å²) < 4.78 is 43.6. The maximum atomic E-state index is 13.4. The summed E-state index contributed by atoms with van der Waals surface area (Å²) in [6, 6.07) is 8.54. The van der Waals surface area contributed by atoms with Crippen molar-refractivity contribution in [2.75, 3.05) is 24.8 Å². The van der Waals surface area contributed by atoms with Crippen LogP contribution < -0.4 is 9.64 Å². The molecule has 0 unspecified atom stereocenters. The maximum absolute atomic E-state index is 13.4. The van der Waals surface area contributed by atoms with Gasteiger partial charge in [0.15, 0.2) is 0 Å². The molecule has 1 fully saturated rings. The number of carboxylic acid groups (broad SMARTS) is 1. The number of amides is 1. The molecule has 29 heavy (non-hydrogen) atoms. The molecule has 154 valence electrons. The highest BCUT2D eigenvalue weighted by atomic mass is 32.2. The van der Waals surface area contributed by atoms with Gasteiger partial charge in [-0.3, -0.25) is 9.59 Å². The van der Waals surface area contributed by atoms with E-state index in [4.69, 9.17) is 4.74 Å². The van der Waals surface area contributed by atoms with E-state index in [2.05, 4.69) is 0 Å². The molecule has 2 atom stereocenters. The van der Waals surface area contributed by atoms with Crippen LogP contribution in [-0.4, -0.2) is 55.7 Å².